The Hall–Kier alpha value is -2.21. The lowest BCUT2D eigenvalue weighted by atomic mass is 10.1. The van der Waals surface area contributed by atoms with Gasteiger partial charge in [0.2, 0.25) is 0 Å². The van der Waals surface area contributed by atoms with Crippen LogP contribution in [0.25, 0.3) is 0 Å². The monoisotopic (exact) mass is 375 g/mol. The summed E-state index contributed by atoms with van der Waals surface area (Å²) in [5, 5.41) is 6.40. The zero-order chi connectivity index (χ0) is 18.6. The van der Waals surface area contributed by atoms with Crippen molar-refractivity contribution in [1.82, 2.24) is 10.6 Å². The van der Waals surface area contributed by atoms with E-state index in [4.69, 9.17) is 0 Å². The smallest absolute Gasteiger partial charge is 0.191 e. The maximum Gasteiger partial charge on any atom is 0.191 e. The van der Waals surface area contributed by atoms with Crippen molar-refractivity contribution >= 4 is 16.8 Å². The lowest BCUT2D eigenvalue weighted by molar-refractivity contribution is 0.625. The second-order valence-corrected chi connectivity index (χ2v) is 7.42. The van der Waals surface area contributed by atoms with E-state index in [-0.39, 0.29) is 5.82 Å². The molecule has 2 aromatic rings. The van der Waals surface area contributed by atoms with E-state index in [1.807, 2.05) is 43.3 Å². The summed E-state index contributed by atoms with van der Waals surface area (Å²) in [6.45, 7) is 3.90. The van der Waals surface area contributed by atoms with Crippen LogP contribution in [-0.2, 0) is 23.0 Å². The number of aliphatic imine (C=N–C) groups is 1. The van der Waals surface area contributed by atoms with Crippen LogP contribution in [-0.4, -0.2) is 35.6 Å². The predicted octanol–water partition coefficient (Wildman–Crippen LogP) is 2.87. The molecule has 6 heteroatoms. The Labute approximate surface area is 157 Å². The molecule has 4 nitrogen and oxygen atoms in total. The number of benzene rings is 2. The highest BCUT2D eigenvalue weighted by atomic mass is 32.2. The summed E-state index contributed by atoms with van der Waals surface area (Å²) in [5.41, 5.74) is 2.02. The van der Waals surface area contributed by atoms with Gasteiger partial charge in [-0.15, -0.1) is 0 Å². The van der Waals surface area contributed by atoms with Gasteiger partial charge >= 0.3 is 0 Å². The van der Waals surface area contributed by atoms with Gasteiger partial charge in [0.25, 0.3) is 0 Å². The molecule has 0 spiro atoms. The van der Waals surface area contributed by atoms with Gasteiger partial charge in [0.1, 0.15) is 5.82 Å². The first-order chi connectivity index (χ1) is 12.7. The van der Waals surface area contributed by atoms with Crippen molar-refractivity contribution in [3.05, 3.63) is 71.5 Å². The molecule has 2 N–H and O–H groups in total. The van der Waals surface area contributed by atoms with Gasteiger partial charge in [-0.3, -0.25) is 9.20 Å². The summed E-state index contributed by atoms with van der Waals surface area (Å²) >= 11 is 0. The van der Waals surface area contributed by atoms with Crippen LogP contribution in [0.1, 0.15) is 18.1 Å². The maximum atomic E-state index is 13.2. The third kappa shape index (κ3) is 7.78. The average Bonchev–Trinajstić information content (AvgIpc) is 2.62. The first-order valence-corrected chi connectivity index (χ1v) is 10.3. The second kappa shape index (κ2) is 11.4. The third-order valence-electron chi connectivity index (χ3n) is 3.70. The Morgan fingerprint density at radius 2 is 1.85 bits per heavy atom. The van der Waals surface area contributed by atoms with E-state index >= 15 is 0 Å². The van der Waals surface area contributed by atoms with Gasteiger partial charge in [-0.05, 0) is 36.6 Å². The number of hydrogen-bond acceptors (Lipinski definition) is 2. The minimum Gasteiger partial charge on any atom is -0.357 e. The normalized spacial score (nSPS) is 12.6. The van der Waals surface area contributed by atoms with Gasteiger partial charge in [-0.1, -0.05) is 42.5 Å². The van der Waals surface area contributed by atoms with Crippen LogP contribution in [0.5, 0.6) is 0 Å². The van der Waals surface area contributed by atoms with Gasteiger partial charge in [0.05, 0.1) is 6.54 Å². The molecule has 0 aliphatic heterocycles. The van der Waals surface area contributed by atoms with Gasteiger partial charge in [-0.25, -0.2) is 4.39 Å². The lowest BCUT2D eigenvalue weighted by Crippen LogP contribution is -2.38. The molecule has 0 radical (unpaired) electrons. The molecule has 0 aromatic heterocycles. The highest BCUT2D eigenvalue weighted by Gasteiger charge is 2.03. The second-order valence-electron chi connectivity index (χ2n) is 5.84. The summed E-state index contributed by atoms with van der Waals surface area (Å²) in [6.07, 6.45) is 0.710. The molecular formula is C20H26FN3OS. The first kappa shape index (κ1) is 20.1. The highest BCUT2D eigenvalue weighted by molar-refractivity contribution is 7.84. The molecule has 0 amide bonds. The molecule has 26 heavy (non-hydrogen) atoms. The topological polar surface area (TPSA) is 53.5 Å². The van der Waals surface area contributed by atoms with E-state index in [0.717, 1.165) is 17.7 Å². The van der Waals surface area contributed by atoms with Crippen molar-refractivity contribution in [3.63, 3.8) is 0 Å². The van der Waals surface area contributed by atoms with Crippen molar-refractivity contribution < 1.29 is 8.60 Å². The zero-order valence-electron chi connectivity index (χ0n) is 15.1. The van der Waals surface area contributed by atoms with Gasteiger partial charge < -0.3 is 10.6 Å². The first-order valence-electron chi connectivity index (χ1n) is 8.83. The van der Waals surface area contributed by atoms with Crippen LogP contribution in [0, 0.1) is 5.82 Å². The largest absolute Gasteiger partial charge is 0.357 e. The maximum absolute atomic E-state index is 13.2. The van der Waals surface area contributed by atoms with E-state index in [1.54, 1.807) is 12.1 Å². The van der Waals surface area contributed by atoms with E-state index in [2.05, 4.69) is 15.6 Å². The van der Waals surface area contributed by atoms with Crippen molar-refractivity contribution in [3.8, 4) is 0 Å². The third-order valence-corrected chi connectivity index (χ3v) is 4.99. The van der Waals surface area contributed by atoms with Gasteiger partial charge in [0, 0.05) is 35.4 Å². The zero-order valence-corrected chi connectivity index (χ0v) is 15.9. The fraction of sp³-hybridized carbons (Fsp3) is 0.350. The molecule has 0 saturated heterocycles. The van der Waals surface area contributed by atoms with E-state index < -0.39 is 10.8 Å². The Bertz CT molecular complexity index is 722. The molecular weight excluding hydrogens is 349 g/mol. The number of halogens is 1. The van der Waals surface area contributed by atoms with Crippen LogP contribution in [0.2, 0.25) is 0 Å². The summed E-state index contributed by atoms with van der Waals surface area (Å²) in [6, 6.07) is 16.4. The van der Waals surface area contributed by atoms with E-state index in [9.17, 15) is 8.60 Å². The van der Waals surface area contributed by atoms with Crippen molar-refractivity contribution in [1.29, 1.82) is 0 Å². The Morgan fingerprint density at radius 3 is 2.58 bits per heavy atom. The van der Waals surface area contributed by atoms with Crippen LogP contribution >= 0.6 is 0 Å². The molecule has 0 saturated carbocycles. The Morgan fingerprint density at radius 1 is 1.08 bits per heavy atom. The van der Waals surface area contributed by atoms with Crippen LogP contribution in [0.4, 0.5) is 4.39 Å². The quantitative estimate of drug-likeness (QED) is 0.523. The number of nitrogens with one attached hydrogen (secondary N) is 2. The van der Waals surface area contributed by atoms with Crippen molar-refractivity contribution in [2.75, 3.05) is 25.4 Å². The fourth-order valence-electron chi connectivity index (χ4n) is 2.45. The SMILES string of the molecule is CCNC(=NCCS(=O)Cc1ccccc1)NCCc1cccc(F)c1. The molecule has 0 fully saturated rings. The standard InChI is InChI=1S/C20H26FN3OS/c1-2-22-20(23-12-11-17-9-6-10-19(21)15-17)24-13-14-26(25)16-18-7-4-3-5-8-18/h3-10,15H,2,11-14,16H2,1H3,(H2,22,23,24). The summed E-state index contributed by atoms with van der Waals surface area (Å²) in [5.74, 6) is 1.56. The van der Waals surface area contributed by atoms with Crippen LogP contribution < -0.4 is 10.6 Å². The number of hydrogen-bond donors (Lipinski definition) is 2. The lowest BCUT2D eigenvalue weighted by Gasteiger charge is -2.11. The van der Waals surface area contributed by atoms with E-state index in [0.29, 0.717) is 37.0 Å². The number of nitrogens with zero attached hydrogens (tertiary/aromatic N) is 1. The minimum absolute atomic E-state index is 0.219. The Kier molecular flexibility index (Phi) is 8.83. The summed E-state index contributed by atoms with van der Waals surface area (Å²) in [4.78, 5) is 4.47. The van der Waals surface area contributed by atoms with Crippen LogP contribution in [0.15, 0.2) is 59.6 Å². The Balaban J connectivity index is 1.75. The molecule has 0 bridgehead atoms. The summed E-state index contributed by atoms with van der Waals surface area (Å²) in [7, 11) is -0.934. The fourth-order valence-corrected chi connectivity index (χ4v) is 3.45. The van der Waals surface area contributed by atoms with Crippen molar-refractivity contribution in [2.24, 2.45) is 4.99 Å². The molecule has 1 unspecified atom stereocenters. The molecule has 1 atom stereocenters. The molecule has 0 aliphatic rings. The number of guanidine groups is 1. The molecule has 140 valence electrons. The van der Waals surface area contributed by atoms with Gasteiger partial charge in [-0.2, -0.15) is 0 Å². The molecule has 0 heterocycles. The molecule has 2 aromatic carbocycles. The number of rotatable bonds is 9. The minimum atomic E-state index is -0.934. The average molecular weight is 376 g/mol. The highest BCUT2D eigenvalue weighted by Crippen LogP contribution is 2.04. The van der Waals surface area contributed by atoms with Gasteiger partial charge in [0.15, 0.2) is 5.96 Å². The molecule has 2 rings (SSSR count). The van der Waals surface area contributed by atoms with Crippen LogP contribution in [0.3, 0.4) is 0 Å². The summed E-state index contributed by atoms with van der Waals surface area (Å²) < 4.78 is 25.3. The van der Waals surface area contributed by atoms with E-state index in [1.165, 1.54) is 6.07 Å². The predicted molar refractivity (Wildman–Crippen MR) is 107 cm³/mol. The molecule has 0 aliphatic carbocycles. The van der Waals surface area contributed by atoms with Crippen molar-refractivity contribution in [2.45, 2.75) is 19.1 Å².